The highest BCUT2D eigenvalue weighted by Gasteiger charge is 2.25. The maximum Gasteiger partial charge on any atom is 0.0607 e. The molecule has 2 aromatic carbocycles. The summed E-state index contributed by atoms with van der Waals surface area (Å²) in [5, 5.41) is 3.53. The first-order valence-corrected chi connectivity index (χ1v) is 8.74. The van der Waals surface area contributed by atoms with Gasteiger partial charge in [0.1, 0.15) is 0 Å². The van der Waals surface area contributed by atoms with Gasteiger partial charge in [0, 0.05) is 19.6 Å². The molecular formula is C21H28N2. The van der Waals surface area contributed by atoms with Crippen LogP contribution in [0.5, 0.6) is 0 Å². The highest BCUT2D eigenvalue weighted by molar-refractivity contribution is 5.42. The Kier molecular flexibility index (Phi) is 5.14. The summed E-state index contributed by atoms with van der Waals surface area (Å²) in [5.74, 6) is 0. The molecule has 0 aromatic heterocycles. The predicted octanol–water partition coefficient (Wildman–Crippen LogP) is 4.00. The molecule has 1 heterocycles. The van der Waals surface area contributed by atoms with Crippen molar-refractivity contribution in [2.45, 2.75) is 33.2 Å². The van der Waals surface area contributed by atoms with Crippen LogP contribution in [-0.2, 0) is 0 Å². The van der Waals surface area contributed by atoms with E-state index in [4.69, 9.17) is 0 Å². The maximum atomic E-state index is 3.53. The summed E-state index contributed by atoms with van der Waals surface area (Å²) in [6, 6.07) is 16.1. The molecule has 1 N–H and O–H groups in total. The average Bonchev–Trinajstić information content (AvgIpc) is 2.82. The van der Waals surface area contributed by atoms with E-state index in [9.17, 15) is 0 Å². The zero-order valence-corrected chi connectivity index (χ0v) is 14.6. The van der Waals surface area contributed by atoms with Crippen LogP contribution in [0.4, 0.5) is 0 Å². The van der Waals surface area contributed by atoms with Crippen molar-refractivity contribution in [2.75, 3.05) is 26.2 Å². The monoisotopic (exact) mass is 308 g/mol. The third kappa shape index (κ3) is 3.65. The summed E-state index contributed by atoms with van der Waals surface area (Å²) in [5.41, 5.74) is 7.03. The van der Waals surface area contributed by atoms with Gasteiger partial charge >= 0.3 is 0 Å². The van der Waals surface area contributed by atoms with Crippen molar-refractivity contribution in [2.24, 2.45) is 0 Å². The molecule has 122 valence electrons. The van der Waals surface area contributed by atoms with Gasteiger partial charge in [-0.05, 0) is 56.0 Å². The van der Waals surface area contributed by atoms with E-state index in [2.05, 4.69) is 73.5 Å². The van der Waals surface area contributed by atoms with Crippen LogP contribution in [0.25, 0.3) is 0 Å². The molecule has 0 bridgehead atoms. The van der Waals surface area contributed by atoms with Gasteiger partial charge in [0.05, 0.1) is 6.04 Å². The van der Waals surface area contributed by atoms with Crippen LogP contribution in [0, 0.1) is 20.8 Å². The van der Waals surface area contributed by atoms with Crippen molar-refractivity contribution in [3.63, 3.8) is 0 Å². The highest BCUT2D eigenvalue weighted by Crippen LogP contribution is 2.33. The lowest BCUT2D eigenvalue weighted by atomic mass is 9.90. The summed E-state index contributed by atoms with van der Waals surface area (Å²) >= 11 is 0. The van der Waals surface area contributed by atoms with Crippen molar-refractivity contribution >= 4 is 0 Å². The molecule has 2 aromatic rings. The summed E-state index contributed by atoms with van der Waals surface area (Å²) in [7, 11) is 0. The van der Waals surface area contributed by atoms with Crippen LogP contribution in [0.2, 0.25) is 0 Å². The average molecular weight is 308 g/mol. The number of rotatable bonds is 3. The second-order valence-electron chi connectivity index (χ2n) is 6.76. The quantitative estimate of drug-likeness (QED) is 0.922. The molecule has 1 atom stereocenters. The Balaban J connectivity index is 2.09. The van der Waals surface area contributed by atoms with Gasteiger partial charge in [-0.3, -0.25) is 4.90 Å². The fraction of sp³-hybridized carbons (Fsp3) is 0.429. The van der Waals surface area contributed by atoms with Crippen LogP contribution < -0.4 is 5.32 Å². The van der Waals surface area contributed by atoms with Gasteiger partial charge < -0.3 is 5.32 Å². The third-order valence-electron chi connectivity index (χ3n) is 4.95. The lowest BCUT2D eigenvalue weighted by molar-refractivity contribution is 0.240. The fourth-order valence-electron chi connectivity index (χ4n) is 3.63. The molecule has 0 spiro atoms. The molecule has 0 saturated carbocycles. The summed E-state index contributed by atoms with van der Waals surface area (Å²) in [6.45, 7) is 11.1. The van der Waals surface area contributed by atoms with Crippen molar-refractivity contribution in [1.29, 1.82) is 0 Å². The summed E-state index contributed by atoms with van der Waals surface area (Å²) in [4.78, 5) is 2.66. The minimum atomic E-state index is 0.357. The first kappa shape index (κ1) is 16.2. The molecule has 23 heavy (non-hydrogen) atoms. The minimum Gasteiger partial charge on any atom is -0.315 e. The number of nitrogens with zero attached hydrogens (tertiary/aromatic N) is 1. The molecule has 1 aliphatic heterocycles. The van der Waals surface area contributed by atoms with Crippen molar-refractivity contribution in [3.05, 3.63) is 70.3 Å². The van der Waals surface area contributed by atoms with Gasteiger partial charge in [-0.1, -0.05) is 48.0 Å². The molecule has 0 radical (unpaired) electrons. The van der Waals surface area contributed by atoms with E-state index in [1.807, 2.05) is 0 Å². The molecule has 1 unspecified atom stereocenters. The Morgan fingerprint density at radius 3 is 2.48 bits per heavy atom. The maximum absolute atomic E-state index is 3.53. The normalized spacial score (nSPS) is 17.7. The van der Waals surface area contributed by atoms with E-state index in [-0.39, 0.29) is 0 Å². The van der Waals surface area contributed by atoms with Crippen molar-refractivity contribution < 1.29 is 0 Å². The summed E-state index contributed by atoms with van der Waals surface area (Å²) in [6.07, 6.45) is 1.22. The number of hydrogen-bond donors (Lipinski definition) is 1. The van der Waals surface area contributed by atoms with Crippen molar-refractivity contribution in [1.82, 2.24) is 10.2 Å². The molecular weight excluding hydrogens is 280 g/mol. The van der Waals surface area contributed by atoms with Gasteiger partial charge in [-0.2, -0.15) is 0 Å². The number of nitrogens with one attached hydrogen (secondary N) is 1. The van der Waals surface area contributed by atoms with E-state index in [0.29, 0.717) is 6.04 Å². The van der Waals surface area contributed by atoms with Gasteiger partial charge in [0.2, 0.25) is 0 Å². The second-order valence-corrected chi connectivity index (χ2v) is 6.76. The van der Waals surface area contributed by atoms with Gasteiger partial charge in [0.15, 0.2) is 0 Å². The van der Waals surface area contributed by atoms with E-state index in [0.717, 1.165) is 26.2 Å². The van der Waals surface area contributed by atoms with E-state index < -0.39 is 0 Å². The van der Waals surface area contributed by atoms with E-state index >= 15 is 0 Å². The molecule has 2 heteroatoms. The number of hydrogen-bond acceptors (Lipinski definition) is 2. The zero-order valence-electron chi connectivity index (χ0n) is 14.6. The van der Waals surface area contributed by atoms with Crippen LogP contribution >= 0.6 is 0 Å². The fourth-order valence-corrected chi connectivity index (χ4v) is 3.63. The summed E-state index contributed by atoms with van der Waals surface area (Å²) < 4.78 is 0. The highest BCUT2D eigenvalue weighted by atomic mass is 15.2. The van der Waals surface area contributed by atoms with E-state index in [1.165, 1.54) is 34.2 Å². The zero-order chi connectivity index (χ0) is 16.2. The first-order chi connectivity index (χ1) is 11.2. The van der Waals surface area contributed by atoms with Gasteiger partial charge in [-0.25, -0.2) is 0 Å². The Morgan fingerprint density at radius 2 is 1.65 bits per heavy atom. The molecule has 0 amide bonds. The molecule has 2 nitrogen and oxygen atoms in total. The lowest BCUT2D eigenvalue weighted by Crippen LogP contribution is -2.33. The molecule has 1 aliphatic rings. The first-order valence-electron chi connectivity index (χ1n) is 8.74. The standard InChI is InChI=1S/C21H28N2/c1-16-9-10-18(3)20(15-16)21(19-8-5-4-7-17(19)2)23-13-6-11-22-12-14-23/h4-5,7-10,15,21-22H,6,11-14H2,1-3H3. The number of aryl methyl sites for hydroxylation is 3. The molecule has 0 aliphatic carbocycles. The Morgan fingerprint density at radius 1 is 0.870 bits per heavy atom. The SMILES string of the molecule is Cc1ccc(C)c(C(c2ccccc2C)N2CCCNCC2)c1. The van der Waals surface area contributed by atoms with E-state index in [1.54, 1.807) is 0 Å². The molecule has 1 saturated heterocycles. The smallest absolute Gasteiger partial charge is 0.0607 e. The van der Waals surface area contributed by atoms with Crippen LogP contribution in [-0.4, -0.2) is 31.1 Å². The van der Waals surface area contributed by atoms with Crippen LogP contribution in [0.15, 0.2) is 42.5 Å². The molecule has 3 rings (SSSR count). The Hall–Kier alpha value is -1.64. The topological polar surface area (TPSA) is 15.3 Å². The molecule has 1 fully saturated rings. The van der Waals surface area contributed by atoms with Crippen LogP contribution in [0.3, 0.4) is 0 Å². The second kappa shape index (κ2) is 7.29. The van der Waals surface area contributed by atoms with Crippen LogP contribution in [0.1, 0.15) is 40.3 Å². The predicted molar refractivity (Wildman–Crippen MR) is 98.0 cm³/mol. The Bertz CT molecular complexity index is 655. The minimum absolute atomic E-state index is 0.357. The van der Waals surface area contributed by atoms with Gasteiger partial charge in [0.25, 0.3) is 0 Å². The number of benzene rings is 2. The Labute approximate surface area is 140 Å². The van der Waals surface area contributed by atoms with Crippen molar-refractivity contribution in [3.8, 4) is 0 Å². The third-order valence-corrected chi connectivity index (χ3v) is 4.95. The largest absolute Gasteiger partial charge is 0.315 e. The lowest BCUT2D eigenvalue weighted by Gasteiger charge is -2.33. The van der Waals surface area contributed by atoms with Gasteiger partial charge in [-0.15, -0.1) is 0 Å².